The molecule has 0 saturated heterocycles. The van der Waals surface area contributed by atoms with Crippen molar-refractivity contribution in [2.24, 2.45) is 30.5 Å². The summed E-state index contributed by atoms with van der Waals surface area (Å²) in [4.78, 5) is 0. The lowest BCUT2D eigenvalue weighted by atomic mass is 9.83. The van der Waals surface area contributed by atoms with Crippen LogP contribution in [-0.4, -0.2) is 15.8 Å². The lowest BCUT2D eigenvalue weighted by molar-refractivity contribution is 0.293. The Morgan fingerprint density at radius 2 is 2.21 bits per heavy atom. The van der Waals surface area contributed by atoms with E-state index in [0.717, 1.165) is 34.3 Å². The third kappa shape index (κ3) is 2.62. The highest BCUT2D eigenvalue weighted by molar-refractivity contribution is 9.10. The number of halogens is 1. The highest BCUT2D eigenvalue weighted by atomic mass is 79.9. The summed E-state index contributed by atoms with van der Waals surface area (Å²) in [5, 5.41) is 4.45. The Morgan fingerprint density at radius 3 is 2.74 bits per heavy atom. The first-order chi connectivity index (χ1) is 9.04. The molecule has 0 aliphatic heterocycles. The molecule has 0 amide bonds. The van der Waals surface area contributed by atoms with Crippen LogP contribution in [0.1, 0.15) is 43.5 Å². The summed E-state index contributed by atoms with van der Waals surface area (Å²) in [5.41, 5.74) is 8.71. The van der Waals surface area contributed by atoms with Crippen molar-refractivity contribution < 1.29 is 0 Å². The van der Waals surface area contributed by atoms with Gasteiger partial charge in [0.2, 0.25) is 0 Å². The molecule has 2 aliphatic carbocycles. The average molecular weight is 326 g/mol. The topological polar surface area (TPSA) is 43.8 Å². The lowest BCUT2D eigenvalue weighted by Crippen LogP contribution is -2.29. The van der Waals surface area contributed by atoms with Gasteiger partial charge >= 0.3 is 0 Å². The number of fused-ring (bicyclic) bond motifs is 2. The van der Waals surface area contributed by atoms with Crippen LogP contribution in [0.15, 0.2) is 4.47 Å². The molecule has 2 saturated carbocycles. The molecular weight excluding hydrogens is 302 g/mol. The van der Waals surface area contributed by atoms with Crippen LogP contribution in [0.25, 0.3) is 0 Å². The Balaban J connectivity index is 1.60. The molecule has 2 aliphatic rings. The van der Waals surface area contributed by atoms with E-state index in [9.17, 15) is 0 Å². The predicted octanol–water partition coefficient (Wildman–Crippen LogP) is 3.19. The minimum absolute atomic E-state index is 0.274. The highest BCUT2D eigenvalue weighted by Gasteiger charge is 2.39. The first kappa shape index (κ1) is 13.6. The molecule has 4 heteroatoms. The van der Waals surface area contributed by atoms with Gasteiger partial charge in [-0.25, -0.2) is 0 Å². The zero-order chi connectivity index (χ0) is 13.6. The number of nitrogens with two attached hydrogens (primary N) is 1. The summed E-state index contributed by atoms with van der Waals surface area (Å²) in [6, 6.07) is 0.274. The largest absolute Gasteiger partial charge is 0.327 e. The van der Waals surface area contributed by atoms with E-state index in [1.54, 1.807) is 0 Å². The molecule has 1 aromatic rings. The third-order valence-corrected chi connectivity index (χ3v) is 6.24. The molecule has 1 heterocycles. The number of rotatable bonds is 4. The monoisotopic (exact) mass is 325 g/mol. The van der Waals surface area contributed by atoms with Gasteiger partial charge in [-0.05, 0) is 66.3 Å². The van der Waals surface area contributed by atoms with Gasteiger partial charge < -0.3 is 5.73 Å². The van der Waals surface area contributed by atoms with E-state index < -0.39 is 0 Å². The van der Waals surface area contributed by atoms with Crippen molar-refractivity contribution in [3.8, 4) is 0 Å². The predicted molar refractivity (Wildman–Crippen MR) is 80.9 cm³/mol. The second kappa shape index (κ2) is 5.21. The molecule has 4 unspecified atom stereocenters. The van der Waals surface area contributed by atoms with Crippen LogP contribution >= 0.6 is 15.9 Å². The number of hydrogen-bond donors (Lipinski definition) is 1. The molecule has 3 rings (SSSR count). The van der Waals surface area contributed by atoms with Gasteiger partial charge in [-0.3, -0.25) is 4.68 Å². The maximum atomic E-state index is 6.40. The molecule has 0 spiro atoms. The van der Waals surface area contributed by atoms with E-state index in [-0.39, 0.29) is 6.04 Å². The van der Waals surface area contributed by atoms with Crippen LogP contribution < -0.4 is 5.73 Å². The van der Waals surface area contributed by atoms with Gasteiger partial charge in [0.1, 0.15) is 0 Å². The average Bonchev–Trinajstić information content (AvgIpc) is 3.01. The van der Waals surface area contributed by atoms with Gasteiger partial charge in [-0.2, -0.15) is 5.10 Å². The molecule has 0 aromatic carbocycles. The van der Waals surface area contributed by atoms with Crippen LogP contribution in [0.2, 0.25) is 0 Å². The fourth-order valence-corrected chi connectivity index (χ4v) is 4.79. The quantitative estimate of drug-likeness (QED) is 0.923. The van der Waals surface area contributed by atoms with E-state index in [1.165, 1.54) is 37.8 Å². The Kier molecular flexibility index (Phi) is 3.73. The van der Waals surface area contributed by atoms with E-state index in [4.69, 9.17) is 5.73 Å². The van der Waals surface area contributed by atoms with Crippen molar-refractivity contribution in [3.63, 3.8) is 0 Å². The molecule has 2 bridgehead atoms. The number of hydrogen-bond acceptors (Lipinski definition) is 2. The Hall–Kier alpha value is -0.350. The van der Waals surface area contributed by atoms with Crippen molar-refractivity contribution in [2.75, 3.05) is 0 Å². The molecule has 3 nitrogen and oxygen atoms in total. The maximum absolute atomic E-state index is 6.40. The van der Waals surface area contributed by atoms with E-state index >= 15 is 0 Å². The van der Waals surface area contributed by atoms with Crippen molar-refractivity contribution >= 4 is 15.9 Å². The Bertz CT molecular complexity index is 468. The second-order valence-corrected chi connectivity index (χ2v) is 7.40. The first-order valence-electron chi connectivity index (χ1n) is 7.48. The normalized spacial score (nSPS) is 31.1. The van der Waals surface area contributed by atoms with Crippen molar-refractivity contribution in [1.29, 1.82) is 0 Å². The maximum Gasteiger partial charge on any atom is 0.0738 e. The van der Waals surface area contributed by atoms with Gasteiger partial charge in [0.05, 0.1) is 15.9 Å². The summed E-state index contributed by atoms with van der Waals surface area (Å²) in [6.45, 7) is 2.04. The molecule has 19 heavy (non-hydrogen) atoms. The number of nitrogens with zero attached hydrogens (tertiary/aromatic N) is 2. The first-order valence-corrected chi connectivity index (χ1v) is 8.27. The zero-order valence-corrected chi connectivity index (χ0v) is 13.5. The summed E-state index contributed by atoms with van der Waals surface area (Å²) >= 11 is 3.64. The summed E-state index contributed by atoms with van der Waals surface area (Å²) in [6.07, 6.45) is 7.97. The van der Waals surface area contributed by atoms with E-state index in [2.05, 4.69) is 21.0 Å². The summed E-state index contributed by atoms with van der Waals surface area (Å²) in [7, 11) is 2.01. The molecule has 2 fully saturated rings. The molecule has 2 N–H and O–H groups in total. The molecular formula is C15H24BrN3. The minimum atomic E-state index is 0.274. The van der Waals surface area contributed by atoms with Gasteiger partial charge in [0, 0.05) is 19.5 Å². The molecule has 0 radical (unpaired) electrons. The van der Waals surface area contributed by atoms with Crippen molar-refractivity contribution in [1.82, 2.24) is 9.78 Å². The van der Waals surface area contributed by atoms with Crippen LogP contribution in [0.4, 0.5) is 0 Å². The van der Waals surface area contributed by atoms with Crippen LogP contribution in [0.5, 0.6) is 0 Å². The van der Waals surface area contributed by atoms with Crippen molar-refractivity contribution in [2.45, 2.75) is 51.5 Å². The zero-order valence-electron chi connectivity index (χ0n) is 11.9. The third-order valence-electron chi connectivity index (χ3n) is 5.21. The van der Waals surface area contributed by atoms with E-state index in [0.29, 0.717) is 0 Å². The van der Waals surface area contributed by atoms with E-state index in [1.807, 2.05) is 18.7 Å². The van der Waals surface area contributed by atoms with Gasteiger partial charge in [0.15, 0.2) is 0 Å². The fourth-order valence-electron chi connectivity index (χ4n) is 4.29. The van der Waals surface area contributed by atoms with Crippen LogP contribution in [-0.2, 0) is 13.5 Å². The standard InChI is InChI=1S/C15H24BrN3/c1-9-15(16)14(19(2)18-9)8-13(17)7-12-6-10-3-4-11(12)5-10/h10-13H,3-8,17H2,1-2H3. The van der Waals surface area contributed by atoms with Gasteiger partial charge in [-0.1, -0.05) is 6.42 Å². The number of aromatic nitrogens is 2. The second-order valence-electron chi connectivity index (χ2n) is 6.60. The summed E-state index contributed by atoms with van der Waals surface area (Å²) < 4.78 is 3.11. The number of aryl methyl sites for hydroxylation is 2. The molecule has 106 valence electrons. The Labute approximate surface area is 124 Å². The SMILES string of the molecule is Cc1nn(C)c(CC(N)CC2CC3CCC2C3)c1Br. The smallest absolute Gasteiger partial charge is 0.0738 e. The van der Waals surface area contributed by atoms with Gasteiger partial charge in [0.25, 0.3) is 0 Å². The lowest BCUT2D eigenvalue weighted by Gasteiger charge is -2.24. The highest BCUT2D eigenvalue weighted by Crippen LogP contribution is 2.49. The Morgan fingerprint density at radius 1 is 1.42 bits per heavy atom. The fraction of sp³-hybridized carbons (Fsp3) is 0.800. The summed E-state index contributed by atoms with van der Waals surface area (Å²) in [5.74, 6) is 2.89. The van der Waals surface area contributed by atoms with Crippen LogP contribution in [0, 0.1) is 24.7 Å². The van der Waals surface area contributed by atoms with Crippen molar-refractivity contribution in [3.05, 3.63) is 15.9 Å². The van der Waals surface area contributed by atoms with Crippen LogP contribution in [0.3, 0.4) is 0 Å². The molecule has 4 atom stereocenters. The minimum Gasteiger partial charge on any atom is -0.327 e. The molecule has 1 aromatic heterocycles. The van der Waals surface area contributed by atoms with Gasteiger partial charge in [-0.15, -0.1) is 0 Å².